The van der Waals surface area contributed by atoms with Crippen LogP contribution in [0.2, 0.25) is 0 Å². The van der Waals surface area contributed by atoms with Gasteiger partial charge in [0.05, 0.1) is 11.3 Å². The summed E-state index contributed by atoms with van der Waals surface area (Å²) < 4.78 is 5.88. The number of carbonyl (C=O) groups excluding carboxylic acids is 2. The fourth-order valence-corrected chi connectivity index (χ4v) is 4.96. The van der Waals surface area contributed by atoms with Crippen LogP contribution < -0.4 is 4.74 Å². The molecule has 1 aliphatic rings. The summed E-state index contributed by atoms with van der Waals surface area (Å²) >= 11 is 0. The summed E-state index contributed by atoms with van der Waals surface area (Å²) in [7, 11) is 3.86. The van der Waals surface area contributed by atoms with E-state index in [4.69, 9.17) is 9.73 Å². The van der Waals surface area contributed by atoms with Crippen LogP contribution in [0.5, 0.6) is 11.5 Å². The zero-order chi connectivity index (χ0) is 26.9. The minimum Gasteiger partial charge on any atom is -0.457 e. The predicted molar refractivity (Wildman–Crippen MR) is 156 cm³/mol. The van der Waals surface area contributed by atoms with Gasteiger partial charge in [-0.3, -0.25) is 19.5 Å². The second-order valence-electron chi connectivity index (χ2n) is 9.84. The van der Waals surface area contributed by atoms with E-state index in [2.05, 4.69) is 0 Å². The molecule has 6 heteroatoms. The molecule has 5 aromatic rings. The molecule has 0 aliphatic carbocycles. The molecule has 0 saturated carbocycles. The van der Waals surface area contributed by atoms with Crippen molar-refractivity contribution in [3.05, 3.63) is 114 Å². The molecule has 0 N–H and O–H groups in total. The van der Waals surface area contributed by atoms with E-state index in [-0.39, 0.29) is 11.8 Å². The Morgan fingerprint density at radius 1 is 0.795 bits per heavy atom. The van der Waals surface area contributed by atoms with E-state index >= 15 is 0 Å². The van der Waals surface area contributed by atoms with E-state index in [9.17, 15) is 9.59 Å². The maximum absolute atomic E-state index is 13.7. The highest BCUT2D eigenvalue weighted by Gasteiger charge is 2.34. The number of carbonyl (C=O) groups is 2. The van der Waals surface area contributed by atoms with Crippen molar-refractivity contribution in [2.24, 2.45) is 4.99 Å². The summed E-state index contributed by atoms with van der Waals surface area (Å²) in [4.78, 5) is 35.1. The highest BCUT2D eigenvalue weighted by Crippen LogP contribution is 2.39. The van der Waals surface area contributed by atoms with Gasteiger partial charge < -0.3 is 9.64 Å². The number of hydrogen-bond donors (Lipinski definition) is 0. The van der Waals surface area contributed by atoms with E-state index in [1.807, 2.05) is 122 Å². The molecule has 0 bridgehead atoms. The van der Waals surface area contributed by atoms with Gasteiger partial charge in [0, 0.05) is 35.6 Å². The highest BCUT2D eigenvalue weighted by molar-refractivity contribution is 6.31. The smallest absolute Gasteiger partial charge is 0.262 e. The van der Waals surface area contributed by atoms with Crippen molar-refractivity contribution in [2.75, 3.05) is 27.2 Å². The molecule has 0 atom stereocenters. The fraction of sp³-hybridized carbons (Fsp3) is 0.121. The number of benzene rings is 5. The molecule has 6 rings (SSSR count). The van der Waals surface area contributed by atoms with Gasteiger partial charge in [-0.2, -0.15) is 0 Å². The average molecular weight is 514 g/mol. The Hall–Kier alpha value is -4.81. The molecule has 2 amide bonds. The van der Waals surface area contributed by atoms with Crippen LogP contribution >= 0.6 is 0 Å². The molecule has 0 radical (unpaired) electrons. The average Bonchev–Trinajstić information content (AvgIpc) is 2.95. The van der Waals surface area contributed by atoms with Gasteiger partial charge in [0.25, 0.3) is 11.8 Å². The standard InChI is InChI=1S/C33H27N3O3/c1-35(2)18-19-36-32(37)27-12-6-8-23-20-28-26(31(30(23)27)33(36)38)11-7-13-29(28)34-21-22-14-16-25(17-15-22)39-24-9-4-3-5-10-24/h3-17,20-21H,18-19H2,1-2H3. The van der Waals surface area contributed by atoms with Gasteiger partial charge in [0.2, 0.25) is 0 Å². The summed E-state index contributed by atoms with van der Waals surface area (Å²) in [6.07, 6.45) is 1.81. The first-order chi connectivity index (χ1) is 19.0. The van der Waals surface area contributed by atoms with Crippen molar-refractivity contribution < 1.29 is 14.3 Å². The second-order valence-corrected chi connectivity index (χ2v) is 9.84. The van der Waals surface area contributed by atoms with Crippen molar-refractivity contribution in [3.63, 3.8) is 0 Å². The zero-order valence-corrected chi connectivity index (χ0v) is 21.8. The van der Waals surface area contributed by atoms with Crippen LogP contribution in [0.1, 0.15) is 26.3 Å². The van der Waals surface area contributed by atoms with Gasteiger partial charge in [-0.25, -0.2) is 0 Å². The van der Waals surface area contributed by atoms with Crippen LogP contribution in [-0.4, -0.2) is 55.0 Å². The Kier molecular flexibility index (Phi) is 6.39. The molecule has 0 saturated heterocycles. The van der Waals surface area contributed by atoms with Gasteiger partial charge >= 0.3 is 0 Å². The van der Waals surface area contributed by atoms with Gasteiger partial charge in [0.1, 0.15) is 11.5 Å². The molecule has 1 aliphatic heterocycles. The Bertz CT molecular complexity index is 1740. The van der Waals surface area contributed by atoms with Gasteiger partial charge in [-0.05, 0) is 85.0 Å². The number of amides is 2. The quantitative estimate of drug-likeness (QED) is 0.138. The molecule has 6 nitrogen and oxygen atoms in total. The highest BCUT2D eigenvalue weighted by atomic mass is 16.5. The topological polar surface area (TPSA) is 62.2 Å². The lowest BCUT2D eigenvalue weighted by molar-refractivity contribution is 0.0602. The normalized spacial score (nSPS) is 13.3. The van der Waals surface area contributed by atoms with Crippen molar-refractivity contribution >= 4 is 45.3 Å². The van der Waals surface area contributed by atoms with Crippen LogP contribution in [0.25, 0.3) is 21.5 Å². The zero-order valence-electron chi connectivity index (χ0n) is 21.8. The number of imide groups is 1. The van der Waals surface area contributed by atoms with E-state index in [0.29, 0.717) is 24.2 Å². The second kappa shape index (κ2) is 10.2. The first-order valence-electron chi connectivity index (χ1n) is 12.9. The van der Waals surface area contributed by atoms with Crippen LogP contribution in [-0.2, 0) is 0 Å². The number of hydrogen-bond acceptors (Lipinski definition) is 5. The SMILES string of the molecule is CN(C)CCN1C(=O)c2cccc3cc4c(N=Cc5ccc(Oc6ccccc6)cc5)cccc4c(c23)C1=O. The minimum absolute atomic E-state index is 0.242. The number of nitrogens with zero attached hydrogens (tertiary/aromatic N) is 3. The van der Waals surface area contributed by atoms with Crippen molar-refractivity contribution in [1.29, 1.82) is 0 Å². The summed E-state index contributed by atoms with van der Waals surface area (Å²) in [5.41, 5.74) is 2.81. The Morgan fingerprint density at radius 3 is 2.31 bits per heavy atom. The van der Waals surface area contributed by atoms with Crippen LogP contribution in [0.4, 0.5) is 5.69 Å². The van der Waals surface area contributed by atoms with Gasteiger partial charge in [-0.1, -0.05) is 42.5 Å². The number of para-hydroxylation sites is 1. The largest absolute Gasteiger partial charge is 0.457 e. The molecule has 192 valence electrons. The Labute approximate surface area is 226 Å². The predicted octanol–water partition coefficient (Wildman–Crippen LogP) is 6.69. The monoisotopic (exact) mass is 513 g/mol. The van der Waals surface area contributed by atoms with E-state index < -0.39 is 0 Å². The number of aliphatic imine (C=N–C) groups is 1. The van der Waals surface area contributed by atoms with Crippen molar-refractivity contribution in [3.8, 4) is 11.5 Å². The van der Waals surface area contributed by atoms with E-state index in [1.165, 1.54) is 4.90 Å². The lowest BCUT2D eigenvalue weighted by Crippen LogP contribution is -2.43. The van der Waals surface area contributed by atoms with Gasteiger partial charge in [-0.15, -0.1) is 0 Å². The molecule has 39 heavy (non-hydrogen) atoms. The van der Waals surface area contributed by atoms with Crippen LogP contribution in [0, 0.1) is 0 Å². The molecule has 0 aromatic heterocycles. The van der Waals surface area contributed by atoms with Crippen LogP contribution in [0.3, 0.4) is 0 Å². The molecule has 1 heterocycles. The fourth-order valence-electron chi connectivity index (χ4n) is 4.96. The molecule has 0 unspecified atom stereocenters. The third kappa shape index (κ3) is 4.67. The maximum atomic E-state index is 13.7. The maximum Gasteiger partial charge on any atom is 0.262 e. The number of ether oxygens (including phenoxy) is 1. The van der Waals surface area contributed by atoms with Gasteiger partial charge in [0.15, 0.2) is 0 Å². The molecule has 0 spiro atoms. The molecular formula is C33H27N3O3. The third-order valence-electron chi connectivity index (χ3n) is 6.92. The summed E-state index contributed by atoms with van der Waals surface area (Å²) in [6.45, 7) is 0.928. The lowest BCUT2D eigenvalue weighted by Gasteiger charge is -2.29. The Balaban J connectivity index is 1.37. The molecular weight excluding hydrogens is 486 g/mol. The Morgan fingerprint density at radius 2 is 1.54 bits per heavy atom. The van der Waals surface area contributed by atoms with E-state index in [1.54, 1.807) is 0 Å². The first-order valence-corrected chi connectivity index (χ1v) is 12.9. The molecule has 0 fully saturated rings. The number of rotatable bonds is 7. The lowest BCUT2D eigenvalue weighted by atomic mass is 9.89. The van der Waals surface area contributed by atoms with Crippen molar-refractivity contribution in [1.82, 2.24) is 9.80 Å². The summed E-state index contributed by atoms with van der Waals surface area (Å²) in [6, 6.07) is 30.8. The summed E-state index contributed by atoms with van der Waals surface area (Å²) in [5, 5.41) is 3.24. The van der Waals surface area contributed by atoms with E-state index in [0.717, 1.165) is 44.3 Å². The van der Waals surface area contributed by atoms with Crippen molar-refractivity contribution in [2.45, 2.75) is 0 Å². The number of fused-ring (bicyclic) bond motifs is 2. The third-order valence-corrected chi connectivity index (χ3v) is 6.92. The number of likely N-dealkylation sites (N-methyl/N-ethyl adjacent to an activating group) is 1. The summed E-state index contributed by atoms with van der Waals surface area (Å²) in [5.74, 6) is 1.03. The first kappa shape index (κ1) is 24.5. The minimum atomic E-state index is -0.258. The molecule has 5 aromatic carbocycles. The van der Waals surface area contributed by atoms with Crippen LogP contribution in [0.15, 0.2) is 102 Å².